The van der Waals surface area contributed by atoms with Crippen LogP contribution in [0.15, 0.2) is 36.4 Å². The molecule has 0 aliphatic heterocycles. The second-order valence-electron chi connectivity index (χ2n) is 5.82. The van der Waals surface area contributed by atoms with Gasteiger partial charge in [0.1, 0.15) is 5.69 Å². The number of amides is 1. The van der Waals surface area contributed by atoms with E-state index in [0.29, 0.717) is 5.69 Å². The normalized spacial score (nSPS) is 16.5. The number of carbonyl (C=O) groups excluding carboxylic acids is 1. The lowest BCUT2D eigenvalue weighted by molar-refractivity contribution is 0.0694. The zero-order chi connectivity index (χ0) is 16.4. The van der Waals surface area contributed by atoms with E-state index in [9.17, 15) is 9.59 Å². The van der Waals surface area contributed by atoms with Crippen LogP contribution in [0.5, 0.6) is 0 Å². The second kappa shape index (κ2) is 6.20. The number of pyridine rings is 1. The lowest BCUT2D eigenvalue weighted by Crippen LogP contribution is -2.39. The van der Waals surface area contributed by atoms with E-state index >= 15 is 0 Å². The summed E-state index contributed by atoms with van der Waals surface area (Å²) in [6.07, 6.45) is 2.66. The number of carbonyl (C=O) groups is 2. The van der Waals surface area contributed by atoms with E-state index in [1.54, 1.807) is 6.92 Å². The third-order valence-corrected chi connectivity index (χ3v) is 4.23. The van der Waals surface area contributed by atoms with Gasteiger partial charge in [-0.05, 0) is 49.4 Å². The van der Waals surface area contributed by atoms with E-state index in [1.807, 2.05) is 12.1 Å². The van der Waals surface area contributed by atoms with Gasteiger partial charge in [-0.15, -0.1) is 0 Å². The molecule has 3 rings (SSSR count). The monoisotopic (exact) mass is 310 g/mol. The Kier molecular flexibility index (Phi) is 4.10. The van der Waals surface area contributed by atoms with Gasteiger partial charge in [0, 0.05) is 6.04 Å². The van der Waals surface area contributed by atoms with Crippen molar-refractivity contribution >= 4 is 11.9 Å². The molecule has 1 amide bonds. The van der Waals surface area contributed by atoms with E-state index in [-0.39, 0.29) is 23.2 Å². The zero-order valence-electron chi connectivity index (χ0n) is 12.9. The van der Waals surface area contributed by atoms with Crippen molar-refractivity contribution in [2.24, 2.45) is 0 Å². The van der Waals surface area contributed by atoms with E-state index in [1.165, 1.54) is 23.3 Å². The molecule has 2 N–H and O–H groups in total. The van der Waals surface area contributed by atoms with Crippen molar-refractivity contribution < 1.29 is 14.7 Å². The maximum atomic E-state index is 12.3. The molecule has 1 aromatic carbocycles. The van der Waals surface area contributed by atoms with Crippen molar-refractivity contribution in [2.75, 3.05) is 0 Å². The van der Waals surface area contributed by atoms with Gasteiger partial charge in [0.15, 0.2) is 0 Å². The van der Waals surface area contributed by atoms with E-state index in [2.05, 4.69) is 22.4 Å². The number of aryl methyl sites for hydroxylation is 2. The molecule has 0 saturated heterocycles. The summed E-state index contributed by atoms with van der Waals surface area (Å²) < 4.78 is 0. The van der Waals surface area contributed by atoms with Crippen LogP contribution in [-0.2, 0) is 12.8 Å². The fourth-order valence-electron chi connectivity index (χ4n) is 2.99. The minimum atomic E-state index is -1.04. The number of hydrogen-bond acceptors (Lipinski definition) is 3. The van der Waals surface area contributed by atoms with Gasteiger partial charge in [-0.25, -0.2) is 9.78 Å². The van der Waals surface area contributed by atoms with Gasteiger partial charge in [0.05, 0.1) is 11.3 Å². The average molecular weight is 310 g/mol. The minimum absolute atomic E-state index is 0.0821. The minimum Gasteiger partial charge on any atom is -0.478 e. The third kappa shape index (κ3) is 3.23. The number of carboxylic acid groups (broad SMARTS) is 1. The van der Waals surface area contributed by atoms with Crippen molar-refractivity contribution in [1.82, 2.24) is 10.3 Å². The molecule has 1 aromatic heterocycles. The Labute approximate surface area is 134 Å². The van der Waals surface area contributed by atoms with Gasteiger partial charge in [0.2, 0.25) is 0 Å². The molecule has 0 spiro atoms. The second-order valence-corrected chi connectivity index (χ2v) is 5.82. The summed E-state index contributed by atoms with van der Waals surface area (Å²) in [7, 11) is 0. The number of aromatic nitrogens is 1. The highest BCUT2D eigenvalue weighted by atomic mass is 16.4. The van der Waals surface area contributed by atoms with Crippen molar-refractivity contribution in [1.29, 1.82) is 0 Å². The van der Waals surface area contributed by atoms with E-state index in [4.69, 9.17) is 5.11 Å². The maximum absolute atomic E-state index is 12.3. The summed E-state index contributed by atoms with van der Waals surface area (Å²) in [6, 6.07) is 11.2. The fourth-order valence-corrected chi connectivity index (χ4v) is 2.99. The maximum Gasteiger partial charge on any atom is 0.337 e. The number of nitrogens with zero attached hydrogens (tertiary/aromatic N) is 1. The Balaban J connectivity index is 1.71. The van der Waals surface area contributed by atoms with Gasteiger partial charge in [-0.3, -0.25) is 4.79 Å². The molecule has 1 heterocycles. The number of carboxylic acids is 1. The van der Waals surface area contributed by atoms with Gasteiger partial charge < -0.3 is 10.4 Å². The number of aromatic carboxylic acids is 1. The molecule has 1 aliphatic rings. The Morgan fingerprint density at radius 1 is 1.17 bits per heavy atom. The topological polar surface area (TPSA) is 79.3 Å². The fraction of sp³-hybridized carbons (Fsp3) is 0.278. The van der Waals surface area contributed by atoms with Gasteiger partial charge in [-0.1, -0.05) is 24.3 Å². The van der Waals surface area contributed by atoms with Crippen LogP contribution in [0.1, 0.15) is 44.1 Å². The number of rotatable bonds is 3. The first kappa shape index (κ1) is 15.2. The highest BCUT2D eigenvalue weighted by molar-refractivity contribution is 5.94. The largest absolute Gasteiger partial charge is 0.478 e. The lowest BCUT2D eigenvalue weighted by atomic mass is 9.88. The number of hydrogen-bond donors (Lipinski definition) is 2. The van der Waals surface area contributed by atoms with Gasteiger partial charge in [-0.2, -0.15) is 0 Å². The average Bonchev–Trinajstić information content (AvgIpc) is 2.54. The smallest absolute Gasteiger partial charge is 0.337 e. The first-order valence-corrected chi connectivity index (χ1v) is 7.63. The van der Waals surface area contributed by atoms with Gasteiger partial charge >= 0.3 is 5.97 Å². The molecule has 5 heteroatoms. The predicted octanol–water partition coefficient (Wildman–Crippen LogP) is 2.38. The molecule has 1 atom stereocenters. The molecule has 23 heavy (non-hydrogen) atoms. The lowest BCUT2D eigenvalue weighted by Gasteiger charge is -2.25. The number of nitrogens with one attached hydrogen (secondary N) is 1. The van der Waals surface area contributed by atoms with Crippen molar-refractivity contribution in [3.8, 4) is 0 Å². The molecule has 5 nitrogen and oxygen atoms in total. The van der Waals surface area contributed by atoms with Crippen molar-refractivity contribution in [3.63, 3.8) is 0 Å². The predicted molar refractivity (Wildman–Crippen MR) is 85.7 cm³/mol. The summed E-state index contributed by atoms with van der Waals surface area (Å²) in [6.45, 7) is 1.59. The SMILES string of the molecule is Cc1nc(C(=O)NC2CCc3ccccc3C2)ccc1C(=O)O. The standard InChI is InChI=1S/C18H18N2O3/c1-11-15(18(22)23)8-9-16(19-11)17(21)20-14-7-6-12-4-2-3-5-13(12)10-14/h2-5,8-9,14H,6-7,10H2,1H3,(H,20,21)(H,22,23). The summed E-state index contributed by atoms with van der Waals surface area (Å²) in [5, 5.41) is 12.0. The quantitative estimate of drug-likeness (QED) is 0.912. The first-order valence-electron chi connectivity index (χ1n) is 7.63. The van der Waals surface area contributed by atoms with E-state index < -0.39 is 5.97 Å². The molecule has 1 unspecified atom stereocenters. The van der Waals surface area contributed by atoms with Crippen LogP contribution in [0.2, 0.25) is 0 Å². The van der Waals surface area contributed by atoms with Crippen LogP contribution in [0, 0.1) is 6.92 Å². The Morgan fingerprint density at radius 2 is 1.91 bits per heavy atom. The van der Waals surface area contributed by atoms with Crippen molar-refractivity contribution in [3.05, 3.63) is 64.5 Å². The molecular formula is C18H18N2O3. The molecule has 2 aromatic rings. The zero-order valence-corrected chi connectivity index (χ0v) is 12.9. The Hall–Kier alpha value is -2.69. The summed E-state index contributed by atoms with van der Waals surface area (Å²) in [4.78, 5) is 27.4. The molecular weight excluding hydrogens is 292 g/mol. The highest BCUT2D eigenvalue weighted by Gasteiger charge is 2.21. The van der Waals surface area contributed by atoms with Crippen LogP contribution >= 0.6 is 0 Å². The third-order valence-electron chi connectivity index (χ3n) is 4.23. The summed E-state index contributed by atoms with van der Waals surface area (Å²) in [5.74, 6) is -1.29. The molecule has 118 valence electrons. The summed E-state index contributed by atoms with van der Waals surface area (Å²) >= 11 is 0. The Morgan fingerprint density at radius 3 is 2.61 bits per heavy atom. The van der Waals surface area contributed by atoms with Crippen LogP contribution in [0.4, 0.5) is 0 Å². The van der Waals surface area contributed by atoms with E-state index in [0.717, 1.165) is 19.3 Å². The van der Waals surface area contributed by atoms with Crippen LogP contribution < -0.4 is 5.32 Å². The van der Waals surface area contributed by atoms with Crippen LogP contribution in [0.3, 0.4) is 0 Å². The molecule has 0 fully saturated rings. The molecule has 0 saturated carbocycles. The number of benzene rings is 1. The Bertz CT molecular complexity index is 771. The summed E-state index contributed by atoms with van der Waals surface area (Å²) in [5.41, 5.74) is 3.34. The van der Waals surface area contributed by atoms with Crippen LogP contribution in [-0.4, -0.2) is 28.0 Å². The number of fused-ring (bicyclic) bond motifs is 1. The molecule has 0 bridgehead atoms. The molecule has 1 aliphatic carbocycles. The van der Waals surface area contributed by atoms with Gasteiger partial charge in [0.25, 0.3) is 5.91 Å². The molecule has 0 radical (unpaired) electrons. The van der Waals surface area contributed by atoms with Crippen molar-refractivity contribution in [2.45, 2.75) is 32.2 Å². The first-order chi connectivity index (χ1) is 11.0. The highest BCUT2D eigenvalue weighted by Crippen LogP contribution is 2.21. The van der Waals surface area contributed by atoms with Crippen LogP contribution in [0.25, 0.3) is 0 Å².